The number of hydrogen-bond donors (Lipinski definition) is 0. The molecule has 0 aliphatic rings. The van der Waals surface area contributed by atoms with Crippen LogP contribution in [0.4, 0.5) is 0 Å². The van der Waals surface area contributed by atoms with Crippen molar-refractivity contribution in [3.63, 3.8) is 0 Å². The fourth-order valence-electron chi connectivity index (χ4n) is 7.39. The summed E-state index contributed by atoms with van der Waals surface area (Å²) >= 11 is 0. The van der Waals surface area contributed by atoms with Gasteiger partial charge in [-0.15, -0.1) is 0 Å². The topological polar surface area (TPSA) is 78.9 Å². The van der Waals surface area contributed by atoms with E-state index in [1.807, 2.05) is 0 Å². The maximum absolute atomic E-state index is 12.8. The van der Waals surface area contributed by atoms with Crippen LogP contribution < -0.4 is 0 Å². The molecule has 0 radical (unpaired) electrons. The monoisotopic (exact) mass is 919 g/mol. The molecule has 0 aromatic heterocycles. The molecule has 0 unspecified atom stereocenters. The predicted octanol–water partition coefficient (Wildman–Crippen LogP) is 18.4. The molecule has 0 fully saturated rings. The van der Waals surface area contributed by atoms with Crippen LogP contribution in [0.3, 0.4) is 0 Å². The van der Waals surface area contributed by atoms with E-state index >= 15 is 0 Å². The standard InChI is InChI=1S/C60H102O6/c1-4-7-10-13-16-19-22-25-28-29-30-31-33-35-38-41-44-47-50-53-59(62)65-56-57(55-64-58(61)52-49-46-43-40-37-34-27-24-21-18-15-12-9-6-3)66-60(63)54-51-48-45-42-39-36-32-26-23-20-17-14-11-8-5-2/h16-17,19-20,24-28,30-32,35,38,57H,4-15,18,21-23,29,33-34,36-37,39-56H2,1-3H3/b19-16+,20-17+,27-24+,28-25+,31-30+,32-26+,38-35+/t57-/m1/s1. The molecule has 0 rings (SSSR count). The van der Waals surface area contributed by atoms with E-state index in [4.69, 9.17) is 14.2 Å². The van der Waals surface area contributed by atoms with Gasteiger partial charge in [0, 0.05) is 19.3 Å². The summed E-state index contributed by atoms with van der Waals surface area (Å²) in [6.07, 6.45) is 69.9. The molecule has 0 saturated heterocycles. The summed E-state index contributed by atoms with van der Waals surface area (Å²) in [5, 5.41) is 0. The van der Waals surface area contributed by atoms with E-state index in [1.54, 1.807) is 0 Å². The molecule has 0 saturated carbocycles. The van der Waals surface area contributed by atoms with Crippen LogP contribution in [0.5, 0.6) is 0 Å². The fraction of sp³-hybridized carbons (Fsp3) is 0.717. The lowest BCUT2D eigenvalue weighted by atomic mass is 10.1. The van der Waals surface area contributed by atoms with E-state index in [-0.39, 0.29) is 31.1 Å². The number of carbonyl (C=O) groups is 3. The summed E-state index contributed by atoms with van der Waals surface area (Å²) in [6, 6.07) is 0. The maximum Gasteiger partial charge on any atom is 0.306 e. The lowest BCUT2D eigenvalue weighted by molar-refractivity contribution is -0.167. The summed E-state index contributed by atoms with van der Waals surface area (Å²) < 4.78 is 16.8. The Morgan fingerprint density at radius 2 is 0.545 bits per heavy atom. The first-order valence-electron chi connectivity index (χ1n) is 27.6. The van der Waals surface area contributed by atoms with E-state index in [1.165, 1.54) is 103 Å². The fourth-order valence-corrected chi connectivity index (χ4v) is 7.39. The first-order valence-corrected chi connectivity index (χ1v) is 27.6. The second-order valence-electron chi connectivity index (χ2n) is 18.1. The first kappa shape index (κ1) is 62.6. The van der Waals surface area contributed by atoms with Crippen molar-refractivity contribution in [1.82, 2.24) is 0 Å². The van der Waals surface area contributed by atoms with E-state index in [0.29, 0.717) is 19.3 Å². The Morgan fingerprint density at radius 3 is 0.909 bits per heavy atom. The molecule has 0 aliphatic heterocycles. The van der Waals surface area contributed by atoms with Gasteiger partial charge in [-0.05, 0) is 122 Å². The first-order chi connectivity index (χ1) is 32.5. The van der Waals surface area contributed by atoms with Gasteiger partial charge in [-0.1, -0.05) is 202 Å². The van der Waals surface area contributed by atoms with Gasteiger partial charge in [-0.2, -0.15) is 0 Å². The molecular formula is C60H102O6. The smallest absolute Gasteiger partial charge is 0.306 e. The molecule has 66 heavy (non-hydrogen) atoms. The van der Waals surface area contributed by atoms with Gasteiger partial charge in [0.1, 0.15) is 13.2 Å². The third kappa shape index (κ3) is 51.6. The van der Waals surface area contributed by atoms with Gasteiger partial charge in [0.15, 0.2) is 6.10 Å². The second kappa shape index (κ2) is 54.2. The van der Waals surface area contributed by atoms with E-state index in [0.717, 1.165) is 116 Å². The van der Waals surface area contributed by atoms with Gasteiger partial charge in [-0.25, -0.2) is 0 Å². The van der Waals surface area contributed by atoms with Gasteiger partial charge in [-0.3, -0.25) is 14.4 Å². The van der Waals surface area contributed by atoms with Gasteiger partial charge in [0.2, 0.25) is 0 Å². The number of esters is 3. The maximum atomic E-state index is 12.8. The Balaban J connectivity index is 4.48. The van der Waals surface area contributed by atoms with Crippen LogP contribution in [0, 0.1) is 0 Å². The molecule has 0 spiro atoms. The molecule has 0 amide bonds. The number of allylic oxidation sites excluding steroid dienone is 14. The van der Waals surface area contributed by atoms with Crippen molar-refractivity contribution >= 4 is 17.9 Å². The number of ether oxygens (including phenoxy) is 3. The molecule has 0 heterocycles. The van der Waals surface area contributed by atoms with Crippen molar-refractivity contribution in [3.8, 4) is 0 Å². The van der Waals surface area contributed by atoms with Crippen molar-refractivity contribution in [2.45, 2.75) is 264 Å². The van der Waals surface area contributed by atoms with Crippen LogP contribution in [0.25, 0.3) is 0 Å². The average molecular weight is 919 g/mol. The lowest BCUT2D eigenvalue weighted by Gasteiger charge is -2.18. The zero-order valence-electron chi connectivity index (χ0n) is 43.2. The summed E-state index contributed by atoms with van der Waals surface area (Å²) in [4.78, 5) is 38.1. The van der Waals surface area contributed by atoms with Crippen LogP contribution in [-0.2, 0) is 28.6 Å². The minimum absolute atomic E-state index is 0.0972. The van der Waals surface area contributed by atoms with E-state index < -0.39 is 6.10 Å². The van der Waals surface area contributed by atoms with Crippen LogP contribution >= 0.6 is 0 Å². The van der Waals surface area contributed by atoms with Crippen LogP contribution in [0.1, 0.15) is 258 Å². The Kier molecular flexibility index (Phi) is 51.4. The molecule has 1 atom stereocenters. The van der Waals surface area contributed by atoms with Crippen LogP contribution in [0.15, 0.2) is 85.1 Å². The van der Waals surface area contributed by atoms with Gasteiger partial charge in [0.25, 0.3) is 0 Å². The molecule has 6 nitrogen and oxygen atoms in total. The van der Waals surface area contributed by atoms with Gasteiger partial charge < -0.3 is 14.2 Å². The molecule has 0 aliphatic carbocycles. The average Bonchev–Trinajstić information content (AvgIpc) is 3.31. The van der Waals surface area contributed by atoms with Gasteiger partial charge >= 0.3 is 17.9 Å². The third-order valence-corrected chi connectivity index (χ3v) is 11.6. The Hall–Kier alpha value is -3.41. The molecular weight excluding hydrogens is 817 g/mol. The molecule has 378 valence electrons. The molecule has 0 aromatic carbocycles. The molecule has 0 bridgehead atoms. The summed E-state index contributed by atoms with van der Waals surface area (Å²) in [5.41, 5.74) is 0. The molecule has 6 heteroatoms. The van der Waals surface area contributed by atoms with Crippen LogP contribution in [-0.4, -0.2) is 37.2 Å². The Morgan fingerprint density at radius 1 is 0.303 bits per heavy atom. The predicted molar refractivity (Wildman–Crippen MR) is 284 cm³/mol. The van der Waals surface area contributed by atoms with Crippen molar-refractivity contribution in [2.75, 3.05) is 13.2 Å². The molecule has 0 aromatic rings. The van der Waals surface area contributed by atoms with E-state index in [9.17, 15) is 14.4 Å². The number of unbranched alkanes of at least 4 members (excludes halogenated alkanes) is 24. The Bertz CT molecular complexity index is 1290. The minimum Gasteiger partial charge on any atom is -0.462 e. The quantitative estimate of drug-likeness (QED) is 0.0262. The summed E-state index contributed by atoms with van der Waals surface area (Å²) in [6.45, 7) is 6.53. The van der Waals surface area contributed by atoms with Crippen molar-refractivity contribution in [2.24, 2.45) is 0 Å². The summed E-state index contributed by atoms with van der Waals surface area (Å²) in [5.74, 6) is -0.949. The molecule has 0 N–H and O–H groups in total. The third-order valence-electron chi connectivity index (χ3n) is 11.6. The highest BCUT2D eigenvalue weighted by molar-refractivity contribution is 5.71. The zero-order chi connectivity index (χ0) is 47.9. The normalized spacial score (nSPS) is 12.7. The highest BCUT2D eigenvalue weighted by atomic mass is 16.6. The lowest BCUT2D eigenvalue weighted by Crippen LogP contribution is -2.30. The SMILES string of the molecule is CCCCC/C=C/C/C=C/C/C=C/C/C=C/CCCCCC(=O)OC[C@@H](COC(=O)CCCCCCC/C=C/CCCCCCC)OC(=O)CCCCCCC/C=C/C/C=C/CCCCC. The second-order valence-corrected chi connectivity index (χ2v) is 18.1. The van der Waals surface area contributed by atoms with Crippen molar-refractivity contribution in [1.29, 1.82) is 0 Å². The number of hydrogen-bond acceptors (Lipinski definition) is 6. The zero-order valence-corrected chi connectivity index (χ0v) is 43.2. The highest BCUT2D eigenvalue weighted by Gasteiger charge is 2.19. The van der Waals surface area contributed by atoms with Crippen molar-refractivity contribution in [3.05, 3.63) is 85.1 Å². The Labute approximate surface area is 407 Å². The van der Waals surface area contributed by atoms with Gasteiger partial charge in [0.05, 0.1) is 0 Å². The number of carbonyl (C=O) groups excluding carboxylic acids is 3. The highest BCUT2D eigenvalue weighted by Crippen LogP contribution is 2.13. The van der Waals surface area contributed by atoms with E-state index in [2.05, 4.69) is 106 Å². The minimum atomic E-state index is -0.801. The largest absolute Gasteiger partial charge is 0.462 e. The number of rotatable bonds is 49. The van der Waals surface area contributed by atoms with Crippen LogP contribution in [0.2, 0.25) is 0 Å². The van der Waals surface area contributed by atoms with Crippen molar-refractivity contribution < 1.29 is 28.6 Å². The summed E-state index contributed by atoms with van der Waals surface area (Å²) in [7, 11) is 0.